The fraction of sp³-hybridized carbons (Fsp3) is 0.444. The molecular weight excluding hydrogens is 292 g/mol. The van der Waals surface area contributed by atoms with Gasteiger partial charge in [0.15, 0.2) is 0 Å². The van der Waals surface area contributed by atoms with Crippen molar-refractivity contribution in [1.29, 1.82) is 0 Å². The minimum absolute atomic E-state index is 0.0298. The molecule has 2 rings (SSSR count). The topological polar surface area (TPSA) is 42.0 Å². The average molecular weight is 316 g/mol. The number of thiazole rings is 1. The number of nitrogens with zero attached hydrogens (tertiary/aromatic N) is 1. The van der Waals surface area contributed by atoms with E-state index in [4.69, 9.17) is 0 Å². The standard InChI is InChI=1S/C18H24N2OS/c1-7-18(5,6)20-16(21)15-13(4)19-17(22-15)14-9-8-11(2)10-12(14)3/h8-10H,7H2,1-6H3,(H,20,21). The molecule has 118 valence electrons. The largest absolute Gasteiger partial charge is 0.346 e. The Balaban J connectivity index is 2.34. The van der Waals surface area contributed by atoms with Crippen molar-refractivity contribution in [2.24, 2.45) is 0 Å². The second-order valence-corrected chi connectivity index (χ2v) is 7.44. The van der Waals surface area contributed by atoms with Gasteiger partial charge in [0.2, 0.25) is 0 Å². The fourth-order valence-electron chi connectivity index (χ4n) is 2.23. The molecule has 0 radical (unpaired) electrons. The van der Waals surface area contributed by atoms with Crippen LogP contribution in [0.15, 0.2) is 18.2 Å². The van der Waals surface area contributed by atoms with Gasteiger partial charge >= 0.3 is 0 Å². The van der Waals surface area contributed by atoms with Gasteiger partial charge in [0.25, 0.3) is 5.91 Å². The predicted molar refractivity (Wildman–Crippen MR) is 93.6 cm³/mol. The zero-order valence-corrected chi connectivity index (χ0v) is 15.0. The number of carbonyl (C=O) groups excluding carboxylic acids is 1. The number of benzene rings is 1. The highest BCUT2D eigenvalue weighted by molar-refractivity contribution is 7.17. The van der Waals surface area contributed by atoms with Gasteiger partial charge in [0, 0.05) is 11.1 Å². The molecule has 2 aromatic rings. The average Bonchev–Trinajstić information content (AvgIpc) is 2.80. The zero-order valence-electron chi connectivity index (χ0n) is 14.2. The molecule has 3 nitrogen and oxygen atoms in total. The van der Waals surface area contributed by atoms with Crippen LogP contribution >= 0.6 is 11.3 Å². The van der Waals surface area contributed by atoms with E-state index in [-0.39, 0.29) is 11.4 Å². The Morgan fingerprint density at radius 2 is 1.95 bits per heavy atom. The van der Waals surface area contributed by atoms with E-state index in [1.807, 2.05) is 20.8 Å². The van der Waals surface area contributed by atoms with E-state index in [1.165, 1.54) is 22.5 Å². The van der Waals surface area contributed by atoms with Crippen molar-refractivity contribution < 1.29 is 4.79 Å². The van der Waals surface area contributed by atoms with Crippen molar-refractivity contribution in [3.63, 3.8) is 0 Å². The third kappa shape index (κ3) is 3.55. The maximum Gasteiger partial charge on any atom is 0.263 e. The summed E-state index contributed by atoms with van der Waals surface area (Å²) in [6, 6.07) is 6.31. The van der Waals surface area contributed by atoms with Gasteiger partial charge in [-0.2, -0.15) is 0 Å². The van der Waals surface area contributed by atoms with Crippen LogP contribution < -0.4 is 5.32 Å². The molecule has 1 N–H and O–H groups in total. The lowest BCUT2D eigenvalue weighted by molar-refractivity contribution is 0.0914. The summed E-state index contributed by atoms with van der Waals surface area (Å²) in [5.74, 6) is -0.0298. The third-order valence-corrected chi connectivity index (χ3v) is 5.14. The molecule has 0 aliphatic carbocycles. The quantitative estimate of drug-likeness (QED) is 0.892. The lowest BCUT2D eigenvalue weighted by Crippen LogP contribution is -2.42. The first-order valence-corrected chi connectivity index (χ1v) is 8.42. The normalized spacial score (nSPS) is 11.5. The Bertz CT molecular complexity index is 701. The molecule has 1 aromatic carbocycles. The van der Waals surface area contributed by atoms with E-state index in [2.05, 4.69) is 49.3 Å². The molecule has 0 aliphatic rings. The molecule has 0 aliphatic heterocycles. The third-order valence-electron chi connectivity index (χ3n) is 3.95. The summed E-state index contributed by atoms with van der Waals surface area (Å²) in [7, 11) is 0. The van der Waals surface area contributed by atoms with Gasteiger partial charge in [-0.3, -0.25) is 4.79 Å². The zero-order chi connectivity index (χ0) is 16.5. The predicted octanol–water partition coefficient (Wildman–Crippen LogP) is 4.65. The van der Waals surface area contributed by atoms with Gasteiger partial charge in [0.05, 0.1) is 5.69 Å². The van der Waals surface area contributed by atoms with Gasteiger partial charge in [-0.05, 0) is 46.6 Å². The fourth-order valence-corrected chi connectivity index (χ4v) is 3.28. The van der Waals surface area contributed by atoms with Crippen LogP contribution in [-0.2, 0) is 0 Å². The number of hydrogen-bond donors (Lipinski definition) is 1. The molecule has 1 amide bonds. The molecule has 22 heavy (non-hydrogen) atoms. The van der Waals surface area contributed by atoms with Crippen LogP contribution in [0.2, 0.25) is 0 Å². The number of nitrogens with one attached hydrogen (secondary N) is 1. The van der Waals surface area contributed by atoms with E-state index in [0.717, 1.165) is 22.7 Å². The summed E-state index contributed by atoms with van der Waals surface area (Å²) < 4.78 is 0. The van der Waals surface area contributed by atoms with Gasteiger partial charge in [-0.1, -0.05) is 30.7 Å². The van der Waals surface area contributed by atoms with Crippen LogP contribution in [0.3, 0.4) is 0 Å². The Labute approximate surface area is 136 Å². The summed E-state index contributed by atoms with van der Waals surface area (Å²) in [5, 5.41) is 3.99. The SMILES string of the molecule is CCC(C)(C)NC(=O)c1sc(-c2ccc(C)cc2C)nc1C. The first-order valence-electron chi connectivity index (χ1n) is 7.61. The summed E-state index contributed by atoms with van der Waals surface area (Å²) in [6.45, 7) is 12.2. The first-order chi connectivity index (χ1) is 10.2. The molecule has 0 unspecified atom stereocenters. The molecule has 0 atom stereocenters. The summed E-state index contributed by atoms with van der Waals surface area (Å²) in [4.78, 5) is 17.8. The summed E-state index contributed by atoms with van der Waals surface area (Å²) >= 11 is 1.47. The van der Waals surface area contributed by atoms with E-state index < -0.39 is 0 Å². The first kappa shape index (κ1) is 16.7. The molecule has 0 bridgehead atoms. The smallest absolute Gasteiger partial charge is 0.263 e. The van der Waals surface area contributed by atoms with E-state index in [9.17, 15) is 4.79 Å². The van der Waals surface area contributed by atoms with Gasteiger partial charge in [-0.15, -0.1) is 11.3 Å². The van der Waals surface area contributed by atoms with E-state index >= 15 is 0 Å². The minimum atomic E-state index is -0.201. The van der Waals surface area contributed by atoms with Crippen molar-refractivity contribution in [2.45, 2.75) is 53.5 Å². The summed E-state index contributed by atoms with van der Waals surface area (Å²) in [5.41, 5.74) is 4.12. The summed E-state index contributed by atoms with van der Waals surface area (Å²) in [6.07, 6.45) is 0.889. The van der Waals surface area contributed by atoms with Crippen molar-refractivity contribution in [1.82, 2.24) is 10.3 Å². The van der Waals surface area contributed by atoms with Crippen molar-refractivity contribution in [3.8, 4) is 10.6 Å². The van der Waals surface area contributed by atoms with Crippen LogP contribution in [0.1, 0.15) is 53.7 Å². The maximum absolute atomic E-state index is 12.5. The molecule has 1 aromatic heterocycles. The van der Waals surface area contributed by atoms with E-state index in [0.29, 0.717) is 4.88 Å². The monoisotopic (exact) mass is 316 g/mol. The van der Waals surface area contributed by atoms with Crippen LogP contribution in [-0.4, -0.2) is 16.4 Å². The lowest BCUT2D eigenvalue weighted by Gasteiger charge is -2.24. The van der Waals surface area contributed by atoms with Crippen LogP contribution in [0.25, 0.3) is 10.6 Å². The van der Waals surface area contributed by atoms with Crippen molar-refractivity contribution in [3.05, 3.63) is 39.9 Å². The van der Waals surface area contributed by atoms with Crippen molar-refractivity contribution >= 4 is 17.2 Å². The van der Waals surface area contributed by atoms with Crippen LogP contribution in [0, 0.1) is 20.8 Å². The maximum atomic E-state index is 12.5. The second kappa shape index (κ2) is 6.21. The molecule has 1 heterocycles. The molecule has 0 fully saturated rings. The molecule has 0 spiro atoms. The Morgan fingerprint density at radius 1 is 1.27 bits per heavy atom. The van der Waals surface area contributed by atoms with Crippen LogP contribution in [0.4, 0.5) is 0 Å². The van der Waals surface area contributed by atoms with Crippen LogP contribution in [0.5, 0.6) is 0 Å². The minimum Gasteiger partial charge on any atom is -0.346 e. The van der Waals surface area contributed by atoms with Gasteiger partial charge in [0.1, 0.15) is 9.88 Å². The number of rotatable bonds is 4. The number of hydrogen-bond acceptors (Lipinski definition) is 3. The second-order valence-electron chi connectivity index (χ2n) is 6.44. The molecule has 0 saturated heterocycles. The van der Waals surface area contributed by atoms with Gasteiger partial charge < -0.3 is 5.32 Å². The number of carbonyl (C=O) groups is 1. The lowest BCUT2D eigenvalue weighted by atomic mass is 10.0. The highest BCUT2D eigenvalue weighted by Crippen LogP contribution is 2.31. The van der Waals surface area contributed by atoms with E-state index in [1.54, 1.807) is 0 Å². The molecule has 0 saturated carbocycles. The van der Waals surface area contributed by atoms with Crippen molar-refractivity contribution in [2.75, 3.05) is 0 Å². The highest BCUT2D eigenvalue weighted by atomic mass is 32.1. The van der Waals surface area contributed by atoms with Gasteiger partial charge in [-0.25, -0.2) is 4.98 Å². The number of aromatic nitrogens is 1. The number of aryl methyl sites for hydroxylation is 3. The molecule has 4 heteroatoms. The highest BCUT2D eigenvalue weighted by Gasteiger charge is 2.23. The molecular formula is C18H24N2OS. The Morgan fingerprint density at radius 3 is 2.55 bits per heavy atom. The Kier molecular flexibility index (Phi) is 4.71. The number of amides is 1. The Hall–Kier alpha value is -1.68.